The van der Waals surface area contributed by atoms with E-state index in [1.54, 1.807) is 13.2 Å². The minimum absolute atomic E-state index is 0.0636. The highest BCUT2D eigenvalue weighted by molar-refractivity contribution is 8.00. The Bertz CT molecular complexity index is 823. The van der Waals surface area contributed by atoms with Crippen LogP contribution in [0.15, 0.2) is 58.5 Å². The van der Waals surface area contributed by atoms with Crippen molar-refractivity contribution in [3.63, 3.8) is 0 Å². The summed E-state index contributed by atoms with van der Waals surface area (Å²) in [4.78, 5) is 26.7. The standard InChI is InChI=1S/C18H17N3O3S/c1-24-14-6-4-5-13(9-14)10-19-20-17(22)11-21-15-7-2-3-8-16(15)25-12-18(21)23/h2-10H,11-12H2,1H3,(H,20,22)/b19-10-. The molecule has 0 aromatic heterocycles. The molecule has 0 saturated carbocycles. The highest BCUT2D eigenvalue weighted by Crippen LogP contribution is 2.34. The summed E-state index contributed by atoms with van der Waals surface area (Å²) in [5, 5.41) is 3.94. The van der Waals surface area contributed by atoms with Gasteiger partial charge in [-0.25, -0.2) is 5.43 Å². The topological polar surface area (TPSA) is 71.0 Å². The van der Waals surface area contributed by atoms with E-state index in [4.69, 9.17) is 4.74 Å². The second-order valence-electron chi connectivity index (χ2n) is 5.31. The zero-order valence-electron chi connectivity index (χ0n) is 13.6. The first-order chi connectivity index (χ1) is 12.2. The molecule has 0 unspecified atom stereocenters. The summed E-state index contributed by atoms with van der Waals surface area (Å²) >= 11 is 1.48. The summed E-state index contributed by atoms with van der Waals surface area (Å²) in [6, 6.07) is 14.9. The number of fused-ring (bicyclic) bond motifs is 1. The SMILES string of the molecule is COc1cccc(/C=N\NC(=O)CN2C(=O)CSc3ccccc32)c1. The molecule has 2 aromatic rings. The summed E-state index contributed by atoms with van der Waals surface area (Å²) in [5.41, 5.74) is 4.02. The molecular weight excluding hydrogens is 338 g/mol. The van der Waals surface area contributed by atoms with Crippen molar-refractivity contribution >= 4 is 35.5 Å². The first kappa shape index (κ1) is 17.0. The molecule has 1 heterocycles. The number of carbonyl (C=O) groups excluding carboxylic acids is 2. The second kappa shape index (κ2) is 7.85. The molecule has 6 nitrogen and oxygen atoms in total. The van der Waals surface area contributed by atoms with Gasteiger partial charge < -0.3 is 9.64 Å². The summed E-state index contributed by atoms with van der Waals surface area (Å²) in [5.74, 6) is 0.602. The van der Waals surface area contributed by atoms with Crippen molar-refractivity contribution in [1.29, 1.82) is 0 Å². The van der Waals surface area contributed by atoms with Crippen LogP contribution in [0.3, 0.4) is 0 Å². The molecule has 2 aromatic carbocycles. The molecule has 128 valence electrons. The van der Waals surface area contributed by atoms with E-state index in [0.717, 1.165) is 16.1 Å². The number of hydrogen-bond donors (Lipinski definition) is 1. The third kappa shape index (κ3) is 4.19. The Morgan fingerprint density at radius 1 is 1.32 bits per heavy atom. The van der Waals surface area contributed by atoms with Crippen LogP contribution in [0.2, 0.25) is 0 Å². The summed E-state index contributed by atoms with van der Waals surface area (Å²) in [6.45, 7) is -0.0636. The van der Waals surface area contributed by atoms with Gasteiger partial charge in [0.15, 0.2) is 0 Å². The Balaban J connectivity index is 1.63. The number of hydrogen-bond acceptors (Lipinski definition) is 5. The minimum Gasteiger partial charge on any atom is -0.497 e. The lowest BCUT2D eigenvalue weighted by Crippen LogP contribution is -2.42. The molecule has 0 saturated heterocycles. The van der Waals surface area contributed by atoms with E-state index in [9.17, 15) is 9.59 Å². The molecule has 2 amide bonds. The fraction of sp³-hybridized carbons (Fsp3) is 0.167. The number of amides is 2. The number of hydrazone groups is 1. The summed E-state index contributed by atoms with van der Waals surface area (Å²) < 4.78 is 5.13. The van der Waals surface area contributed by atoms with E-state index in [2.05, 4.69) is 10.5 Å². The Hall–Kier alpha value is -2.80. The van der Waals surface area contributed by atoms with Crippen molar-refractivity contribution in [2.75, 3.05) is 24.3 Å². The molecular formula is C18H17N3O3S. The van der Waals surface area contributed by atoms with Crippen molar-refractivity contribution in [1.82, 2.24) is 5.43 Å². The van der Waals surface area contributed by atoms with E-state index in [0.29, 0.717) is 11.5 Å². The Morgan fingerprint density at radius 3 is 3.00 bits per heavy atom. The lowest BCUT2D eigenvalue weighted by Gasteiger charge is -2.27. The van der Waals surface area contributed by atoms with E-state index in [1.807, 2.05) is 42.5 Å². The molecule has 0 atom stereocenters. The van der Waals surface area contributed by atoms with Gasteiger partial charge in [0.1, 0.15) is 12.3 Å². The maximum absolute atomic E-state index is 12.1. The number of methoxy groups -OCH3 is 1. The number of anilines is 1. The molecule has 0 fully saturated rings. The third-order valence-corrected chi connectivity index (χ3v) is 4.65. The van der Waals surface area contributed by atoms with Gasteiger partial charge in [0.25, 0.3) is 5.91 Å². The average Bonchev–Trinajstić information content (AvgIpc) is 2.64. The fourth-order valence-electron chi connectivity index (χ4n) is 2.41. The van der Waals surface area contributed by atoms with Gasteiger partial charge >= 0.3 is 0 Å². The minimum atomic E-state index is -0.353. The number of para-hydroxylation sites is 1. The van der Waals surface area contributed by atoms with Crippen LogP contribution in [-0.2, 0) is 9.59 Å². The highest BCUT2D eigenvalue weighted by atomic mass is 32.2. The van der Waals surface area contributed by atoms with E-state index < -0.39 is 0 Å². The van der Waals surface area contributed by atoms with Gasteiger partial charge in [-0.1, -0.05) is 24.3 Å². The lowest BCUT2D eigenvalue weighted by molar-refractivity contribution is -0.122. The van der Waals surface area contributed by atoms with Gasteiger partial charge in [-0.2, -0.15) is 5.10 Å². The van der Waals surface area contributed by atoms with Crippen molar-refractivity contribution in [3.05, 3.63) is 54.1 Å². The molecule has 0 aliphatic carbocycles. The van der Waals surface area contributed by atoms with Gasteiger partial charge in [-0.05, 0) is 29.8 Å². The second-order valence-corrected chi connectivity index (χ2v) is 6.32. The quantitative estimate of drug-likeness (QED) is 0.660. The molecule has 0 bridgehead atoms. The van der Waals surface area contributed by atoms with Gasteiger partial charge in [-0.3, -0.25) is 9.59 Å². The van der Waals surface area contributed by atoms with Crippen molar-refractivity contribution in [2.45, 2.75) is 4.90 Å². The van der Waals surface area contributed by atoms with E-state index >= 15 is 0 Å². The molecule has 0 spiro atoms. The number of carbonyl (C=O) groups is 2. The summed E-state index contributed by atoms with van der Waals surface area (Å²) in [6.07, 6.45) is 1.53. The van der Waals surface area contributed by atoms with Crippen LogP contribution in [0.25, 0.3) is 0 Å². The van der Waals surface area contributed by atoms with Crippen LogP contribution >= 0.6 is 11.8 Å². The van der Waals surface area contributed by atoms with Crippen molar-refractivity contribution in [3.8, 4) is 5.75 Å². The lowest BCUT2D eigenvalue weighted by atomic mass is 10.2. The average molecular weight is 355 g/mol. The Labute approximate surface area is 149 Å². The normalized spacial score (nSPS) is 13.6. The first-order valence-corrected chi connectivity index (χ1v) is 8.64. The maximum Gasteiger partial charge on any atom is 0.260 e. The van der Waals surface area contributed by atoms with Gasteiger partial charge in [-0.15, -0.1) is 11.8 Å². The number of thioether (sulfide) groups is 1. The smallest absolute Gasteiger partial charge is 0.260 e. The van der Waals surface area contributed by atoms with E-state index in [1.165, 1.54) is 22.9 Å². The van der Waals surface area contributed by atoms with Crippen LogP contribution in [0, 0.1) is 0 Å². The van der Waals surface area contributed by atoms with E-state index in [-0.39, 0.29) is 18.4 Å². The number of rotatable bonds is 5. The molecule has 3 rings (SSSR count). The van der Waals surface area contributed by atoms with Crippen LogP contribution < -0.4 is 15.1 Å². The number of nitrogens with one attached hydrogen (secondary N) is 1. The van der Waals surface area contributed by atoms with Crippen LogP contribution in [0.1, 0.15) is 5.56 Å². The number of nitrogens with zero attached hydrogens (tertiary/aromatic N) is 2. The molecule has 0 radical (unpaired) electrons. The predicted octanol–water partition coefficient (Wildman–Crippen LogP) is 2.28. The van der Waals surface area contributed by atoms with Crippen molar-refractivity contribution in [2.24, 2.45) is 5.10 Å². The maximum atomic E-state index is 12.1. The third-order valence-electron chi connectivity index (χ3n) is 3.61. The number of benzene rings is 2. The van der Waals surface area contributed by atoms with Gasteiger partial charge in [0.05, 0.1) is 24.8 Å². The first-order valence-electron chi connectivity index (χ1n) is 7.65. The predicted molar refractivity (Wildman–Crippen MR) is 98.2 cm³/mol. The summed E-state index contributed by atoms with van der Waals surface area (Å²) in [7, 11) is 1.59. The highest BCUT2D eigenvalue weighted by Gasteiger charge is 2.25. The molecule has 7 heteroatoms. The Morgan fingerprint density at radius 2 is 2.16 bits per heavy atom. The van der Waals surface area contributed by atoms with Crippen molar-refractivity contribution < 1.29 is 14.3 Å². The molecule has 1 aliphatic rings. The molecule has 1 N–H and O–H groups in total. The van der Waals surface area contributed by atoms with Crippen LogP contribution in [0.5, 0.6) is 5.75 Å². The van der Waals surface area contributed by atoms with Crippen LogP contribution in [-0.4, -0.2) is 37.4 Å². The van der Waals surface area contributed by atoms with Crippen LogP contribution in [0.4, 0.5) is 5.69 Å². The van der Waals surface area contributed by atoms with Gasteiger partial charge in [0, 0.05) is 4.90 Å². The zero-order valence-corrected chi connectivity index (χ0v) is 14.5. The Kier molecular flexibility index (Phi) is 5.35. The monoisotopic (exact) mass is 355 g/mol. The fourth-order valence-corrected chi connectivity index (χ4v) is 3.34. The zero-order chi connectivity index (χ0) is 17.6. The molecule has 1 aliphatic heterocycles. The van der Waals surface area contributed by atoms with Gasteiger partial charge in [0.2, 0.25) is 5.91 Å². The largest absolute Gasteiger partial charge is 0.497 e. The number of ether oxygens (including phenoxy) is 1. The molecule has 25 heavy (non-hydrogen) atoms.